The van der Waals surface area contributed by atoms with Gasteiger partial charge in [0.2, 0.25) is 0 Å². The molecule has 2 rings (SSSR count). The highest BCUT2D eigenvalue weighted by atomic mass is 16.3. The lowest BCUT2D eigenvalue weighted by Crippen LogP contribution is -2.28. The molecule has 0 spiro atoms. The van der Waals surface area contributed by atoms with Gasteiger partial charge in [-0.25, -0.2) is 0 Å². The first-order chi connectivity index (χ1) is 10.6. The van der Waals surface area contributed by atoms with E-state index in [1.54, 1.807) is 0 Å². The molecule has 0 bridgehead atoms. The SMILES string of the molecule is [CH2][CH][CH]C(=O)[C@@H](C(O)c1ccccc1)[C@@H](C)c1ccccc1. The minimum Gasteiger partial charge on any atom is -0.388 e. The van der Waals surface area contributed by atoms with E-state index < -0.39 is 12.0 Å². The van der Waals surface area contributed by atoms with Crippen LogP contribution in [-0.2, 0) is 4.79 Å². The van der Waals surface area contributed by atoms with Crippen LogP contribution >= 0.6 is 0 Å². The van der Waals surface area contributed by atoms with Crippen LogP contribution in [0.15, 0.2) is 60.7 Å². The second kappa shape index (κ2) is 7.90. The maximum Gasteiger partial charge on any atom is 0.143 e. The highest BCUT2D eigenvalue weighted by molar-refractivity contribution is 5.91. The Bertz CT molecular complexity index is 532. The average Bonchev–Trinajstić information content (AvgIpc) is 2.56. The van der Waals surface area contributed by atoms with E-state index in [4.69, 9.17) is 0 Å². The first-order valence-electron chi connectivity index (χ1n) is 7.42. The second-order valence-corrected chi connectivity index (χ2v) is 5.39. The topological polar surface area (TPSA) is 37.3 Å². The molecule has 0 saturated heterocycles. The molecule has 0 saturated carbocycles. The zero-order chi connectivity index (χ0) is 15.9. The Hall–Kier alpha value is -1.93. The fraction of sp³-hybridized carbons (Fsp3) is 0.200. The van der Waals surface area contributed by atoms with E-state index in [-0.39, 0.29) is 11.7 Å². The van der Waals surface area contributed by atoms with Gasteiger partial charge in [-0.2, -0.15) is 0 Å². The number of ketones is 1. The fourth-order valence-electron chi connectivity index (χ4n) is 2.72. The molecule has 1 N–H and O–H groups in total. The fourth-order valence-corrected chi connectivity index (χ4v) is 2.72. The lowest BCUT2D eigenvalue weighted by Gasteiger charge is -2.28. The molecule has 3 atom stereocenters. The maximum absolute atomic E-state index is 12.5. The summed E-state index contributed by atoms with van der Waals surface area (Å²) in [6.45, 7) is 5.56. The van der Waals surface area contributed by atoms with Gasteiger partial charge in [0, 0.05) is 6.42 Å². The molecule has 0 fully saturated rings. The number of aliphatic hydroxyl groups is 1. The van der Waals surface area contributed by atoms with Crippen molar-refractivity contribution in [3.63, 3.8) is 0 Å². The van der Waals surface area contributed by atoms with Crippen LogP contribution in [0, 0.1) is 25.7 Å². The van der Waals surface area contributed by atoms with Gasteiger partial charge in [0.1, 0.15) is 5.78 Å². The molecular weight excluding hydrogens is 272 g/mol. The Kier molecular flexibility index (Phi) is 5.91. The highest BCUT2D eigenvalue weighted by Crippen LogP contribution is 2.35. The first kappa shape index (κ1) is 16.4. The Morgan fingerprint density at radius 1 is 1.00 bits per heavy atom. The van der Waals surface area contributed by atoms with Crippen LogP contribution in [0.3, 0.4) is 0 Å². The summed E-state index contributed by atoms with van der Waals surface area (Å²) in [4.78, 5) is 12.5. The van der Waals surface area contributed by atoms with Gasteiger partial charge < -0.3 is 5.11 Å². The monoisotopic (exact) mass is 293 g/mol. The van der Waals surface area contributed by atoms with Crippen molar-refractivity contribution in [2.45, 2.75) is 18.9 Å². The van der Waals surface area contributed by atoms with Gasteiger partial charge in [-0.05, 0) is 30.4 Å². The quantitative estimate of drug-likeness (QED) is 0.839. The lowest BCUT2D eigenvalue weighted by atomic mass is 9.78. The predicted octanol–water partition coefficient (Wildman–Crippen LogP) is 3.95. The number of hydrogen-bond donors (Lipinski definition) is 1. The average molecular weight is 293 g/mol. The molecule has 0 aliphatic carbocycles. The molecular formula is C20H21O2. The second-order valence-electron chi connectivity index (χ2n) is 5.39. The Labute approximate surface area is 132 Å². The lowest BCUT2D eigenvalue weighted by molar-refractivity contribution is -0.123. The predicted molar refractivity (Wildman–Crippen MR) is 88.7 cm³/mol. The summed E-state index contributed by atoms with van der Waals surface area (Å²) in [5.74, 6) is -0.745. The van der Waals surface area contributed by atoms with Gasteiger partial charge in [0.25, 0.3) is 0 Å². The molecule has 1 unspecified atom stereocenters. The summed E-state index contributed by atoms with van der Waals surface area (Å²) in [7, 11) is 0. The van der Waals surface area contributed by atoms with Crippen molar-refractivity contribution in [3.8, 4) is 0 Å². The van der Waals surface area contributed by atoms with Gasteiger partial charge in [0.05, 0.1) is 12.0 Å². The van der Waals surface area contributed by atoms with Crippen LogP contribution in [0.4, 0.5) is 0 Å². The summed E-state index contributed by atoms with van der Waals surface area (Å²) in [6.07, 6.45) is 2.07. The van der Waals surface area contributed by atoms with Crippen molar-refractivity contribution in [2.75, 3.05) is 0 Å². The molecule has 0 amide bonds. The third kappa shape index (κ3) is 3.83. The van der Waals surface area contributed by atoms with Crippen LogP contribution in [0.1, 0.15) is 30.1 Å². The molecule has 0 heterocycles. The van der Waals surface area contributed by atoms with Crippen LogP contribution in [0.2, 0.25) is 0 Å². The van der Waals surface area contributed by atoms with E-state index in [0.717, 1.165) is 11.1 Å². The molecule has 2 aromatic rings. The van der Waals surface area contributed by atoms with Crippen molar-refractivity contribution in [1.82, 2.24) is 0 Å². The molecule has 0 aromatic heterocycles. The van der Waals surface area contributed by atoms with Gasteiger partial charge in [-0.1, -0.05) is 67.6 Å². The molecule has 2 nitrogen and oxygen atoms in total. The number of carbonyl (C=O) groups is 1. The van der Waals surface area contributed by atoms with Crippen molar-refractivity contribution in [3.05, 3.63) is 91.6 Å². The normalized spacial score (nSPS) is 15.0. The zero-order valence-electron chi connectivity index (χ0n) is 12.7. The third-order valence-corrected chi connectivity index (χ3v) is 3.96. The standard InChI is InChI=1S/C20H21O2/c1-3-10-18(21)19(15(2)16-11-6-4-7-12-16)20(22)17-13-8-5-9-14-17/h3-15,19-20,22H,1H2,2H3/t15-,19-,20?/m0/s1. The largest absolute Gasteiger partial charge is 0.388 e. The van der Waals surface area contributed by atoms with Crippen molar-refractivity contribution >= 4 is 5.78 Å². The maximum atomic E-state index is 12.5. The number of carbonyl (C=O) groups excluding carboxylic acids is 1. The molecule has 2 heteroatoms. The van der Waals surface area contributed by atoms with Gasteiger partial charge in [-0.3, -0.25) is 4.79 Å². The summed E-state index contributed by atoms with van der Waals surface area (Å²) in [5.41, 5.74) is 1.79. The number of hydrogen-bond acceptors (Lipinski definition) is 2. The summed E-state index contributed by atoms with van der Waals surface area (Å²) < 4.78 is 0. The first-order valence-corrected chi connectivity index (χ1v) is 7.42. The van der Waals surface area contributed by atoms with Gasteiger partial charge in [0.15, 0.2) is 0 Å². The number of Topliss-reactive ketones (excluding diaryl/α,β-unsaturated/α-hetero) is 1. The van der Waals surface area contributed by atoms with E-state index in [2.05, 4.69) is 6.92 Å². The van der Waals surface area contributed by atoms with Crippen LogP contribution in [0.5, 0.6) is 0 Å². The third-order valence-electron chi connectivity index (χ3n) is 3.96. The summed E-state index contributed by atoms with van der Waals surface area (Å²) in [6, 6.07) is 19.1. The number of rotatable bonds is 7. The van der Waals surface area contributed by atoms with Crippen LogP contribution in [-0.4, -0.2) is 10.9 Å². The molecule has 113 valence electrons. The Balaban J connectivity index is 2.32. The molecule has 0 aliphatic rings. The van der Waals surface area contributed by atoms with E-state index in [1.165, 1.54) is 12.8 Å². The van der Waals surface area contributed by atoms with E-state index >= 15 is 0 Å². The molecule has 3 radical (unpaired) electrons. The van der Waals surface area contributed by atoms with Crippen molar-refractivity contribution in [2.24, 2.45) is 5.92 Å². The van der Waals surface area contributed by atoms with Crippen LogP contribution in [0.25, 0.3) is 0 Å². The molecule has 0 aliphatic heterocycles. The highest BCUT2D eigenvalue weighted by Gasteiger charge is 2.33. The van der Waals surface area contributed by atoms with E-state index in [1.807, 2.05) is 67.6 Å². The smallest absolute Gasteiger partial charge is 0.143 e. The van der Waals surface area contributed by atoms with Gasteiger partial charge >= 0.3 is 0 Å². The molecule has 2 aromatic carbocycles. The minimum atomic E-state index is -0.847. The van der Waals surface area contributed by atoms with Crippen LogP contribution < -0.4 is 0 Å². The van der Waals surface area contributed by atoms with E-state index in [0.29, 0.717) is 0 Å². The zero-order valence-corrected chi connectivity index (χ0v) is 12.7. The molecule has 22 heavy (non-hydrogen) atoms. The van der Waals surface area contributed by atoms with Crippen molar-refractivity contribution in [1.29, 1.82) is 0 Å². The summed E-state index contributed by atoms with van der Waals surface area (Å²) >= 11 is 0. The Morgan fingerprint density at radius 3 is 2.00 bits per heavy atom. The minimum absolute atomic E-state index is 0.0971. The van der Waals surface area contributed by atoms with E-state index in [9.17, 15) is 9.90 Å². The number of aliphatic hydroxyl groups excluding tert-OH is 1. The summed E-state index contributed by atoms with van der Waals surface area (Å²) in [5, 5.41) is 10.7. The number of benzene rings is 2. The van der Waals surface area contributed by atoms with Crippen molar-refractivity contribution < 1.29 is 9.90 Å². The Morgan fingerprint density at radius 2 is 1.50 bits per heavy atom. The van der Waals surface area contributed by atoms with Gasteiger partial charge in [-0.15, -0.1) is 0 Å².